The van der Waals surface area contributed by atoms with Gasteiger partial charge < -0.3 is 14.8 Å². The zero-order valence-electron chi connectivity index (χ0n) is 9.43. The molecule has 0 aliphatic carbocycles. The quantitative estimate of drug-likeness (QED) is 0.786. The zero-order valence-corrected chi connectivity index (χ0v) is 11.0. The van der Waals surface area contributed by atoms with Crippen LogP contribution in [-0.4, -0.2) is 33.5 Å². The minimum absolute atomic E-state index is 0.136. The Balaban J connectivity index is 2.36. The molecule has 1 N–H and O–H groups in total. The van der Waals surface area contributed by atoms with Gasteiger partial charge in [0.15, 0.2) is 0 Å². The molecule has 0 saturated carbocycles. The summed E-state index contributed by atoms with van der Waals surface area (Å²) in [6, 6.07) is 2.41. The van der Waals surface area contributed by atoms with E-state index in [-0.39, 0.29) is 5.69 Å². The smallest absolute Gasteiger partial charge is 0.150 e. The van der Waals surface area contributed by atoms with Gasteiger partial charge in [-0.05, 0) is 12.1 Å². The van der Waals surface area contributed by atoms with Gasteiger partial charge in [0.25, 0.3) is 0 Å². The van der Waals surface area contributed by atoms with Gasteiger partial charge in [0, 0.05) is 18.1 Å². The molecule has 1 aromatic rings. The lowest BCUT2D eigenvalue weighted by molar-refractivity contribution is 0.0759. The van der Waals surface area contributed by atoms with E-state index in [9.17, 15) is 8.78 Å². The molecule has 0 aromatic heterocycles. The van der Waals surface area contributed by atoms with E-state index in [2.05, 4.69) is 21.2 Å². The fourth-order valence-corrected chi connectivity index (χ4v) is 1.61. The van der Waals surface area contributed by atoms with E-state index < -0.39 is 11.6 Å². The third kappa shape index (κ3) is 4.97. The van der Waals surface area contributed by atoms with Crippen LogP contribution in [0.2, 0.25) is 0 Å². The molecule has 17 heavy (non-hydrogen) atoms. The second-order valence-corrected chi connectivity index (χ2v) is 4.19. The lowest BCUT2D eigenvalue weighted by Crippen LogP contribution is -2.13. The number of ether oxygens (including phenoxy) is 2. The fraction of sp³-hybridized carbons (Fsp3) is 0.455. The number of rotatable bonds is 7. The van der Waals surface area contributed by atoms with Gasteiger partial charge in [-0.15, -0.1) is 0 Å². The van der Waals surface area contributed by atoms with Crippen LogP contribution in [0.1, 0.15) is 0 Å². The Morgan fingerprint density at radius 3 is 2.41 bits per heavy atom. The standard InChI is InChI=1S/C11H14BrF2NO2/c1-16-4-5-17-3-2-15-11-9(13)6-8(12)7-10(11)14/h6-7,15H,2-5H2,1H3. The maximum absolute atomic E-state index is 13.3. The topological polar surface area (TPSA) is 30.5 Å². The molecular formula is C11H14BrF2NO2. The Morgan fingerprint density at radius 2 is 1.82 bits per heavy atom. The number of hydrogen-bond acceptors (Lipinski definition) is 3. The molecule has 0 atom stereocenters. The van der Waals surface area contributed by atoms with Gasteiger partial charge in [-0.25, -0.2) is 8.78 Å². The Labute approximate surface area is 107 Å². The van der Waals surface area contributed by atoms with E-state index in [1.165, 1.54) is 12.1 Å². The Morgan fingerprint density at radius 1 is 1.18 bits per heavy atom. The second kappa shape index (κ2) is 7.58. The van der Waals surface area contributed by atoms with Gasteiger partial charge in [0.05, 0.1) is 19.8 Å². The Bertz CT molecular complexity index is 340. The van der Waals surface area contributed by atoms with Gasteiger partial charge in [-0.2, -0.15) is 0 Å². The summed E-state index contributed by atoms with van der Waals surface area (Å²) in [5.41, 5.74) is -0.136. The molecule has 0 aliphatic heterocycles. The highest BCUT2D eigenvalue weighted by atomic mass is 79.9. The first-order valence-corrected chi connectivity index (χ1v) is 5.89. The predicted molar refractivity (Wildman–Crippen MR) is 65.2 cm³/mol. The van der Waals surface area contributed by atoms with E-state index in [0.717, 1.165) is 0 Å². The molecule has 0 heterocycles. The molecule has 0 unspecified atom stereocenters. The average Bonchev–Trinajstić information content (AvgIpc) is 2.26. The first-order chi connectivity index (χ1) is 8.15. The second-order valence-electron chi connectivity index (χ2n) is 3.28. The first-order valence-electron chi connectivity index (χ1n) is 5.10. The maximum atomic E-state index is 13.3. The molecule has 96 valence electrons. The third-order valence-corrected chi connectivity index (χ3v) is 2.44. The summed E-state index contributed by atoms with van der Waals surface area (Å²) in [5, 5.41) is 2.65. The van der Waals surface area contributed by atoms with Crippen LogP contribution >= 0.6 is 15.9 Å². The highest BCUT2D eigenvalue weighted by Crippen LogP contribution is 2.23. The van der Waals surface area contributed by atoms with E-state index in [4.69, 9.17) is 9.47 Å². The van der Waals surface area contributed by atoms with Gasteiger partial charge in [0.2, 0.25) is 0 Å². The van der Waals surface area contributed by atoms with Crippen molar-refractivity contribution in [3.05, 3.63) is 28.2 Å². The molecule has 6 heteroatoms. The van der Waals surface area contributed by atoms with Crippen LogP contribution in [0.25, 0.3) is 0 Å². The highest BCUT2D eigenvalue weighted by Gasteiger charge is 2.09. The van der Waals surface area contributed by atoms with Crippen molar-refractivity contribution in [3.63, 3.8) is 0 Å². The monoisotopic (exact) mass is 309 g/mol. The summed E-state index contributed by atoms with van der Waals surface area (Å²) in [7, 11) is 1.58. The molecule has 1 aromatic carbocycles. The molecule has 0 amide bonds. The summed E-state index contributed by atoms with van der Waals surface area (Å²) in [4.78, 5) is 0. The van der Waals surface area contributed by atoms with Crippen molar-refractivity contribution in [2.24, 2.45) is 0 Å². The molecule has 0 spiro atoms. The van der Waals surface area contributed by atoms with Crippen LogP contribution in [0.4, 0.5) is 14.5 Å². The molecule has 0 radical (unpaired) electrons. The summed E-state index contributed by atoms with van der Waals surface area (Å²) >= 11 is 3.01. The lowest BCUT2D eigenvalue weighted by atomic mass is 10.3. The van der Waals surface area contributed by atoms with Gasteiger partial charge >= 0.3 is 0 Å². The predicted octanol–water partition coefficient (Wildman–Crippen LogP) is 2.80. The molecule has 0 aliphatic rings. The maximum Gasteiger partial charge on any atom is 0.150 e. The number of halogens is 3. The molecule has 3 nitrogen and oxygen atoms in total. The summed E-state index contributed by atoms with van der Waals surface area (Å²) in [5.74, 6) is -1.26. The van der Waals surface area contributed by atoms with Crippen LogP contribution in [0.3, 0.4) is 0 Å². The van der Waals surface area contributed by atoms with Gasteiger partial charge in [-0.1, -0.05) is 15.9 Å². The fourth-order valence-electron chi connectivity index (χ4n) is 1.20. The van der Waals surface area contributed by atoms with E-state index in [1.807, 2.05) is 0 Å². The SMILES string of the molecule is COCCOCCNc1c(F)cc(Br)cc1F. The number of benzene rings is 1. The summed E-state index contributed by atoms with van der Waals surface area (Å²) in [6.45, 7) is 1.65. The normalized spacial score (nSPS) is 10.6. The van der Waals surface area contributed by atoms with Crippen molar-refractivity contribution in [2.75, 3.05) is 38.8 Å². The van der Waals surface area contributed by atoms with Crippen molar-refractivity contribution >= 4 is 21.6 Å². The molecule has 0 bridgehead atoms. The van der Waals surface area contributed by atoms with Crippen LogP contribution in [0, 0.1) is 11.6 Å². The largest absolute Gasteiger partial charge is 0.382 e. The summed E-state index contributed by atoms with van der Waals surface area (Å²) in [6.07, 6.45) is 0. The highest BCUT2D eigenvalue weighted by molar-refractivity contribution is 9.10. The van der Waals surface area contributed by atoms with Crippen molar-refractivity contribution < 1.29 is 18.3 Å². The average molecular weight is 310 g/mol. The van der Waals surface area contributed by atoms with Crippen molar-refractivity contribution in [1.82, 2.24) is 0 Å². The van der Waals surface area contributed by atoms with E-state index in [0.29, 0.717) is 30.8 Å². The minimum atomic E-state index is -0.631. The van der Waals surface area contributed by atoms with E-state index >= 15 is 0 Å². The number of nitrogens with one attached hydrogen (secondary N) is 1. The van der Waals surface area contributed by atoms with Crippen LogP contribution in [-0.2, 0) is 9.47 Å². The van der Waals surface area contributed by atoms with Gasteiger partial charge in [-0.3, -0.25) is 0 Å². The molecule has 0 saturated heterocycles. The zero-order chi connectivity index (χ0) is 12.7. The molecular weight excluding hydrogens is 296 g/mol. The minimum Gasteiger partial charge on any atom is -0.382 e. The number of hydrogen-bond donors (Lipinski definition) is 1. The third-order valence-electron chi connectivity index (χ3n) is 1.99. The molecule has 0 fully saturated rings. The number of methoxy groups -OCH3 is 1. The number of anilines is 1. The van der Waals surface area contributed by atoms with Gasteiger partial charge in [0.1, 0.15) is 17.3 Å². The van der Waals surface area contributed by atoms with Crippen molar-refractivity contribution in [1.29, 1.82) is 0 Å². The first kappa shape index (κ1) is 14.3. The van der Waals surface area contributed by atoms with Crippen molar-refractivity contribution in [2.45, 2.75) is 0 Å². The lowest BCUT2D eigenvalue weighted by Gasteiger charge is -2.09. The Hall–Kier alpha value is -0.720. The van der Waals surface area contributed by atoms with Crippen molar-refractivity contribution in [3.8, 4) is 0 Å². The Kier molecular flexibility index (Phi) is 6.39. The summed E-state index contributed by atoms with van der Waals surface area (Å²) < 4.78 is 37.0. The van der Waals surface area contributed by atoms with Crippen LogP contribution in [0.5, 0.6) is 0 Å². The van der Waals surface area contributed by atoms with E-state index in [1.54, 1.807) is 7.11 Å². The molecule has 1 rings (SSSR count). The van der Waals surface area contributed by atoms with Crippen LogP contribution in [0.15, 0.2) is 16.6 Å². The van der Waals surface area contributed by atoms with Crippen LogP contribution < -0.4 is 5.32 Å².